The van der Waals surface area contributed by atoms with E-state index in [1.807, 2.05) is 27.7 Å². The van der Waals surface area contributed by atoms with Gasteiger partial charge in [0.25, 0.3) is 0 Å². The fraction of sp³-hybridized carbons (Fsp3) is 0.862. The SMILES string of the molecule is C[C@@H]1C(=O)[C@]2(C)CC[C@@]34C[C@@]56OC(=O)C[C@@H]5OC(C)(C)[C@H]6C[C@@H](O)[C@@H]3C(=O)[C@]3(O[C@@H]5[C@@H](OC(=O)[C@@H]5C)[C@H]1[C@@H]32)O4. The quantitative estimate of drug-likeness (QED) is 0.447. The molecule has 1 N–H and O–H groups in total. The van der Waals surface area contributed by atoms with Gasteiger partial charge in [-0.25, -0.2) is 0 Å². The Morgan fingerprint density at radius 2 is 1.67 bits per heavy atom. The second-order valence-electron chi connectivity index (χ2n) is 14.4. The Hall–Kier alpha value is -1.88. The molecule has 39 heavy (non-hydrogen) atoms. The van der Waals surface area contributed by atoms with Gasteiger partial charge in [0.05, 0.1) is 35.6 Å². The average molecular weight is 545 g/mol. The molecule has 6 saturated heterocycles. The van der Waals surface area contributed by atoms with Crippen molar-refractivity contribution in [3.05, 3.63) is 0 Å². The summed E-state index contributed by atoms with van der Waals surface area (Å²) in [6.45, 7) is 9.33. The molecule has 6 heterocycles. The number of fused-ring (bicyclic) bond motifs is 2. The van der Waals surface area contributed by atoms with Gasteiger partial charge in [0, 0.05) is 35.5 Å². The Labute approximate surface area is 226 Å². The Morgan fingerprint density at radius 3 is 2.41 bits per heavy atom. The van der Waals surface area contributed by atoms with Crippen LogP contribution in [0, 0.1) is 40.9 Å². The van der Waals surface area contributed by atoms with Crippen molar-refractivity contribution in [2.24, 2.45) is 40.9 Å². The van der Waals surface area contributed by atoms with Crippen LogP contribution in [-0.4, -0.2) is 75.6 Å². The van der Waals surface area contributed by atoms with Crippen LogP contribution in [-0.2, 0) is 42.9 Å². The maximum Gasteiger partial charge on any atom is 0.311 e. The number of hydrogen-bond donors (Lipinski definition) is 1. The van der Waals surface area contributed by atoms with Crippen molar-refractivity contribution >= 4 is 23.5 Å². The van der Waals surface area contributed by atoms with Crippen LogP contribution in [0.25, 0.3) is 0 Å². The Morgan fingerprint density at radius 1 is 0.923 bits per heavy atom. The molecule has 0 amide bonds. The Balaban J connectivity index is 1.32. The maximum absolute atomic E-state index is 14.8. The van der Waals surface area contributed by atoms with Gasteiger partial charge in [-0.05, 0) is 40.0 Å². The molecule has 2 aliphatic carbocycles. The standard InChI is InChI=1S/C29H36O10/c1-11-17-20-19(12(2)24(34)35-20)38-29-21(17)26(5,22(11)32)6-7-27(39-29)10-28-14(8-13(30)18(27)23(29)33)25(3,4)36-15(28)9-16(31)37-28/h11-15,17-21,30H,6-10H2,1-5H3/t11-,12+,13+,14+,15-,17-,18+,19-,20-,21+,26+,27+,28-,29+/m0/s1. The molecule has 0 aromatic carbocycles. The highest BCUT2D eigenvalue weighted by Crippen LogP contribution is 2.71. The van der Waals surface area contributed by atoms with Gasteiger partial charge in [0.2, 0.25) is 11.6 Å². The lowest BCUT2D eigenvalue weighted by molar-refractivity contribution is -0.331. The number of Topliss-reactive ketones (excluding diaryl/α,β-unsaturated/α-hetero) is 2. The van der Waals surface area contributed by atoms with Gasteiger partial charge in [-0.3, -0.25) is 19.2 Å². The minimum atomic E-state index is -1.80. The summed E-state index contributed by atoms with van der Waals surface area (Å²) in [6, 6.07) is 0. The number of carbonyl (C=O) groups excluding carboxylic acids is 4. The van der Waals surface area contributed by atoms with Crippen molar-refractivity contribution in [2.75, 3.05) is 0 Å². The predicted octanol–water partition coefficient (Wildman–Crippen LogP) is 1.48. The highest BCUT2D eigenvalue weighted by atomic mass is 16.7. The van der Waals surface area contributed by atoms with Crippen LogP contribution in [0.4, 0.5) is 0 Å². The van der Waals surface area contributed by atoms with Crippen LogP contribution in [0.5, 0.6) is 0 Å². The summed E-state index contributed by atoms with van der Waals surface area (Å²) in [5.74, 6) is -6.35. The summed E-state index contributed by atoms with van der Waals surface area (Å²) in [7, 11) is 0. The van der Waals surface area contributed by atoms with Crippen LogP contribution in [0.2, 0.25) is 0 Å². The van der Waals surface area contributed by atoms with E-state index in [1.54, 1.807) is 6.92 Å². The second kappa shape index (κ2) is 6.94. The molecular formula is C29H36O10. The molecule has 10 heteroatoms. The lowest BCUT2D eigenvalue weighted by Crippen LogP contribution is -2.64. The number of aliphatic hydroxyl groups is 1. The van der Waals surface area contributed by atoms with E-state index < -0.39 is 88.0 Å². The van der Waals surface area contributed by atoms with Crippen molar-refractivity contribution in [3.63, 3.8) is 0 Å². The molecule has 0 aromatic rings. The van der Waals surface area contributed by atoms with Crippen LogP contribution < -0.4 is 0 Å². The van der Waals surface area contributed by atoms with E-state index in [2.05, 4.69) is 0 Å². The normalized spacial score (nSPS) is 59.9. The molecule has 3 spiro atoms. The van der Waals surface area contributed by atoms with Crippen molar-refractivity contribution in [2.45, 2.75) is 114 Å². The summed E-state index contributed by atoms with van der Waals surface area (Å²) >= 11 is 0. The van der Waals surface area contributed by atoms with Crippen molar-refractivity contribution in [1.82, 2.24) is 0 Å². The molecule has 8 rings (SSSR count). The highest BCUT2D eigenvalue weighted by Gasteiger charge is 2.83. The molecule has 0 unspecified atom stereocenters. The summed E-state index contributed by atoms with van der Waals surface area (Å²) in [5.41, 5.74) is -3.91. The molecule has 10 nitrogen and oxygen atoms in total. The van der Waals surface area contributed by atoms with E-state index in [0.29, 0.717) is 12.8 Å². The topological polar surface area (TPSA) is 135 Å². The fourth-order valence-corrected chi connectivity index (χ4v) is 10.8. The summed E-state index contributed by atoms with van der Waals surface area (Å²) in [6.07, 6.45) is -1.75. The third-order valence-corrected chi connectivity index (χ3v) is 12.3. The number of rotatable bonds is 0. The Bertz CT molecular complexity index is 1240. The zero-order valence-corrected chi connectivity index (χ0v) is 22.9. The number of carbonyl (C=O) groups is 4. The molecule has 0 radical (unpaired) electrons. The molecule has 8 aliphatic rings. The molecule has 2 bridgehead atoms. The highest BCUT2D eigenvalue weighted by molar-refractivity contribution is 5.97. The average Bonchev–Trinajstić information content (AvgIpc) is 3.45. The first-order valence-electron chi connectivity index (χ1n) is 14.5. The minimum Gasteiger partial charge on any atom is -0.459 e. The van der Waals surface area contributed by atoms with Gasteiger partial charge in [-0.15, -0.1) is 0 Å². The van der Waals surface area contributed by atoms with Crippen LogP contribution in [0.15, 0.2) is 0 Å². The number of esters is 2. The third-order valence-electron chi connectivity index (χ3n) is 12.3. The molecule has 8 fully saturated rings. The van der Waals surface area contributed by atoms with E-state index >= 15 is 0 Å². The van der Waals surface area contributed by atoms with Gasteiger partial charge >= 0.3 is 11.9 Å². The first-order chi connectivity index (χ1) is 18.2. The smallest absolute Gasteiger partial charge is 0.311 e. The number of hydrogen-bond acceptors (Lipinski definition) is 10. The van der Waals surface area contributed by atoms with E-state index in [4.69, 9.17) is 23.7 Å². The van der Waals surface area contributed by atoms with E-state index in [1.165, 1.54) is 0 Å². The zero-order valence-electron chi connectivity index (χ0n) is 22.9. The molecule has 0 aromatic heterocycles. The van der Waals surface area contributed by atoms with Gasteiger partial charge in [-0.1, -0.05) is 13.8 Å². The fourth-order valence-electron chi connectivity index (χ4n) is 10.8. The molecule has 2 saturated carbocycles. The van der Waals surface area contributed by atoms with E-state index in [0.717, 1.165) is 0 Å². The molecule has 14 atom stereocenters. The largest absolute Gasteiger partial charge is 0.459 e. The van der Waals surface area contributed by atoms with Gasteiger partial charge in [0.15, 0.2) is 0 Å². The van der Waals surface area contributed by atoms with Crippen LogP contribution >= 0.6 is 0 Å². The van der Waals surface area contributed by atoms with E-state index in [9.17, 15) is 24.3 Å². The predicted molar refractivity (Wildman–Crippen MR) is 129 cm³/mol. The van der Waals surface area contributed by atoms with Gasteiger partial charge in [0.1, 0.15) is 29.7 Å². The molecule has 212 valence electrons. The molecular weight excluding hydrogens is 508 g/mol. The lowest BCUT2D eigenvalue weighted by Gasteiger charge is -2.50. The molecule has 6 aliphatic heterocycles. The first kappa shape index (κ1) is 24.9. The van der Waals surface area contributed by atoms with Crippen LogP contribution in [0.1, 0.15) is 66.7 Å². The lowest BCUT2D eigenvalue weighted by atomic mass is 9.60. The monoisotopic (exact) mass is 544 g/mol. The number of ether oxygens (including phenoxy) is 5. The van der Waals surface area contributed by atoms with Gasteiger partial charge < -0.3 is 28.8 Å². The summed E-state index contributed by atoms with van der Waals surface area (Å²) in [5, 5.41) is 11.8. The maximum atomic E-state index is 14.8. The summed E-state index contributed by atoms with van der Waals surface area (Å²) < 4.78 is 32.0. The third kappa shape index (κ3) is 2.56. The van der Waals surface area contributed by atoms with E-state index in [-0.39, 0.29) is 42.7 Å². The van der Waals surface area contributed by atoms with Crippen molar-refractivity contribution < 1.29 is 48.0 Å². The van der Waals surface area contributed by atoms with Gasteiger partial charge in [-0.2, -0.15) is 0 Å². The Kier molecular flexibility index (Phi) is 4.43. The first-order valence-corrected chi connectivity index (χ1v) is 14.5. The van der Waals surface area contributed by atoms with Crippen molar-refractivity contribution in [1.29, 1.82) is 0 Å². The number of aliphatic hydroxyl groups excluding tert-OH is 1. The second-order valence-corrected chi connectivity index (χ2v) is 14.4. The van der Waals surface area contributed by atoms with Crippen molar-refractivity contribution in [3.8, 4) is 0 Å². The minimum absolute atomic E-state index is 0.0225. The zero-order chi connectivity index (χ0) is 27.7. The number of ketones is 2. The summed E-state index contributed by atoms with van der Waals surface area (Å²) in [4.78, 5) is 54.1. The van der Waals surface area contributed by atoms with Crippen LogP contribution in [0.3, 0.4) is 0 Å².